The number of nitrogens with zero attached hydrogens (tertiary/aromatic N) is 3. The molecule has 1 aromatic heterocycles. The summed E-state index contributed by atoms with van der Waals surface area (Å²) in [5, 5.41) is 14.6. The fourth-order valence-corrected chi connectivity index (χ4v) is 2.34. The average Bonchev–Trinajstić information content (AvgIpc) is 3.24. The molecule has 1 saturated carbocycles. The van der Waals surface area contributed by atoms with Gasteiger partial charge in [0.1, 0.15) is 0 Å². The van der Waals surface area contributed by atoms with Crippen molar-refractivity contribution in [2.75, 3.05) is 17.2 Å². The maximum Gasteiger partial charge on any atom is 0.244 e. The van der Waals surface area contributed by atoms with Crippen LogP contribution in [0, 0.1) is 0 Å². The summed E-state index contributed by atoms with van der Waals surface area (Å²) in [6.07, 6.45) is 12.8. The smallest absolute Gasteiger partial charge is 0.244 e. The molecular weight excluding hydrogens is 238 g/mol. The van der Waals surface area contributed by atoms with Gasteiger partial charge in [-0.05, 0) is 44.9 Å². The van der Waals surface area contributed by atoms with E-state index in [2.05, 4.69) is 31.9 Å². The van der Waals surface area contributed by atoms with Crippen LogP contribution < -0.4 is 10.6 Å². The third kappa shape index (κ3) is 3.91. The first-order valence-electron chi connectivity index (χ1n) is 7.28. The first kappa shape index (κ1) is 12.4. The molecule has 5 nitrogen and oxygen atoms in total. The van der Waals surface area contributed by atoms with E-state index >= 15 is 0 Å². The van der Waals surface area contributed by atoms with Crippen molar-refractivity contribution in [2.24, 2.45) is 0 Å². The van der Waals surface area contributed by atoms with Crippen molar-refractivity contribution < 1.29 is 0 Å². The van der Waals surface area contributed by atoms with Crippen molar-refractivity contribution >= 4 is 11.8 Å². The van der Waals surface area contributed by atoms with Crippen LogP contribution in [0.3, 0.4) is 0 Å². The number of anilines is 2. The summed E-state index contributed by atoms with van der Waals surface area (Å²) in [6.45, 7) is 0.924. The second-order valence-electron chi connectivity index (χ2n) is 5.37. The minimum Gasteiger partial charge on any atom is -0.368 e. The molecule has 0 aromatic carbocycles. The summed E-state index contributed by atoms with van der Waals surface area (Å²) in [4.78, 5) is 4.42. The van der Waals surface area contributed by atoms with Crippen LogP contribution in [-0.4, -0.2) is 27.8 Å². The Morgan fingerprint density at radius 3 is 3.00 bits per heavy atom. The number of rotatable bonds is 6. The van der Waals surface area contributed by atoms with Crippen LogP contribution in [0.4, 0.5) is 11.8 Å². The lowest BCUT2D eigenvalue weighted by Gasteiger charge is -2.13. The molecule has 0 unspecified atom stereocenters. The summed E-state index contributed by atoms with van der Waals surface area (Å²) >= 11 is 0. The summed E-state index contributed by atoms with van der Waals surface area (Å²) in [5.41, 5.74) is 1.58. The molecule has 0 spiro atoms. The Morgan fingerprint density at radius 1 is 1.26 bits per heavy atom. The van der Waals surface area contributed by atoms with Crippen LogP contribution in [0.2, 0.25) is 0 Å². The number of aromatic nitrogens is 3. The first-order chi connectivity index (χ1) is 9.40. The van der Waals surface area contributed by atoms with Crippen molar-refractivity contribution in [1.82, 2.24) is 15.2 Å². The quantitative estimate of drug-likeness (QED) is 0.769. The summed E-state index contributed by atoms with van der Waals surface area (Å²) < 4.78 is 0. The minimum absolute atomic E-state index is 0.560. The normalized spacial score (nSPS) is 18.8. The standard InChI is InChI=1S/C14H21N5/c1-2-4-11(5-3-1)8-9-15-13-10-16-19-14(18-13)17-12-6-7-12/h4,10,12H,1-3,5-9H2,(H2,15,17,18,19). The molecule has 0 saturated heterocycles. The Bertz CT molecular complexity index is 453. The van der Waals surface area contributed by atoms with Crippen molar-refractivity contribution in [3.8, 4) is 0 Å². The molecule has 0 amide bonds. The molecule has 19 heavy (non-hydrogen) atoms. The van der Waals surface area contributed by atoms with Gasteiger partial charge in [-0.2, -0.15) is 10.1 Å². The van der Waals surface area contributed by atoms with E-state index in [-0.39, 0.29) is 0 Å². The van der Waals surface area contributed by atoms with Gasteiger partial charge >= 0.3 is 0 Å². The number of nitrogens with one attached hydrogen (secondary N) is 2. The topological polar surface area (TPSA) is 62.7 Å². The van der Waals surface area contributed by atoms with E-state index in [1.165, 1.54) is 38.5 Å². The highest BCUT2D eigenvalue weighted by Crippen LogP contribution is 2.23. The van der Waals surface area contributed by atoms with Gasteiger partial charge in [-0.3, -0.25) is 0 Å². The van der Waals surface area contributed by atoms with Crippen molar-refractivity contribution in [3.63, 3.8) is 0 Å². The van der Waals surface area contributed by atoms with E-state index < -0.39 is 0 Å². The molecule has 1 fully saturated rings. The molecule has 0 aliphatic heterocycles. The van der Waals surface area contributed by atoms with Gasteiger partial charge in [0.2, 0.25) is 5.95 Å². The Kier molecular flexibility index (Phi) is 3.91. The third-order valence-corrected chi connectivity index (χ3v) is 3.61. The van der Waals surface area contributed by atoms with Gasteiger partial charge in [-0.25, -0.2) is 0 Å². The fraction of sp³-hybridized carbons (Fsp3) is 0.643. The summed E-state index contributed by atoms with van der Waals surface area (Å²) in [7, 11) is 0. The molecule has 2 aliphatic rings. The SMILES string of the molecule is C1=C(CCNc2cnnc(NC3CC3)n2)CCCC1. The lowest BCUT2D eigenvalue weighted by atomic mass is 9.97. The van der Waals surface area contributed by atoms with E-state index in [0.29, 0.717) is 12.0 Å². The van der Waals surface area contributed by atoms with E-state index in [0.717, 1.165) is 18.8 Å². The predicted molar refractivity (Wildman–Crippen MR) is 76.1 cm³/mol. The molecule has 5 heteroatoms. The van der Waals surface area contributed by atoms with Crippen LogP contribution in [0.5, 0.6) is 0 Å². The summed E-state index contributed by atoms with van der Waals surface area (Å²) in [5.74, 6) is 1.46. The molecule has 0 atom stereocenters. The molecule has 0 radical (unpaired) electrons. The van der Waals surface area contributed by atoms with E-state index in [4.69, 9.17) is 0 Å². The molecule has 1 heterocycles. The maximum atomic E-state index is 4.42. The van der Waals surface area contributed by atoms with Crippen molar-refractivity contribution in [2.45, 2.75) is 51.0 Å². The van der Waals surface area contributed by atoms with Crippen LogP contribution in [0.1, 0.15) is 44.9 Å². The van der Waals surface area contributed by atoms with Crippen LogP contribution in [-0.2, 0) is 0 Å². The van der Waals surface area contributed by atoms with Gasteiger partial charge in [-0.1, -0.05) is 11.6 Å². The average molecular weight is 259 g/mol. The van der Waals surface area contributed by atoms with Crippen molar-refractivity contribution in [3.05, 3.63) is 17.8 Å². The number of hydrogen-bond acceptors (Lipinski definition) is 5. The van der Waals surface area contributed by atoms with Crippen LogP contribution in [0.25, 0.3) is 0 Å². The molecule has 1 aromatic rings. The van der Waals surface area contributed by atoms with Gasteiger partial charge in [0, 0.05) is 12.6 Å². The van der Waals surface area contributed by atoms with Crippen LogP contribution >= 0.6 is 0 Å². The molecule has 2 N–H and O–H groups in total. The second-order valence-corrected chi connectivity index (χ2v) is 5.37. The highest BCUT2D eigenvalue weighted by molar-refractivity contribution is 5.38. The Hall–Kier alpha value is -1.65. The van der Waals surface area contributed by atoms with Gasteiger partial charge in [0.15, 0.2) is 5.82 Å². The number of allylic oxidation sites excluding steroid dienone is 1. The molecule has 3 rings (SSSR count). The zero-order valence-electron chi connectivity index (χ0n) is 11.2. The fourth-order valence-electron chi connectivity index (χ4n) is 2.34. The highest BCUT2D eigenvalue weighted by atomic mass is 15.3. The molecular formula is C14H21N5. The lowest BCUT2D eigenvalue weighted by molar-refractivity contribution is 0.679. The van der Waals surface area contributed by atoms with E-state index in [1.54, 1.807) is 11.8 Å². The van der Waals surface area contributed by atoms with Crippen molar-refractivity contribution in [1.29, 1.82) is 0 Å². The first-order valence-corrected chi connectivity index (χ1v) is 7.28. The lowest BCUT2D eigenvalue weighted by Crippen LogP contribution is -2.10. The largest absolute Gasteiger partial charge is 0.368 e. The minimum atomic E-state index is 0.560. The second kappa shape index (κ2) is 5.99. The highest BCUT2D eigenvalue weighted by Gasteiger charge is 2.22. The predicted octanol–water partition coefficient (Wildman–Crippen LogP) is 2.75. The Morgan fingerprint density at radius 2 is 2.21 bits per heavy atom. The van der Waals surface area contributed by atoms with Gasteiger partial charge < -0.3 is 10.6 Å². The van der Waals surface area contributed by atoms with Gasteiger partial charge in [0.25, 0.3) is 0 Å². The molecule has 2 aliphatic carbocycles. The van der Waals surface area contributed by atoms with Gasteiger partial charge in [-0.15, -0.1) is 5.10 Å². The number of hydrogen-bond donors (Lipinski definition) is 2. The maximum absolute atomic E-state index is 4.42. The zero-order chi connectivity index (χ0) is 12.9. The molecule has 102 valence electrons. The van der Waals surface area contributed by atoms with E-state index in [1.807, 2.05) is 0 Å². The Labute approximate surface area is 113 Å². The summed E-state index contributed by atoms with van der Waals surface area (Å²) in [6, 6.07) is 0.560. The Balaban J connectivity index is 1.47. The van der Waals surface area contributed by atoms with E-state index in [9.17, 15) is 0 Å². The van der Waals surface area contributed by atoms with Crippen LogP contribution in [0.15, 0.2) is 17.8 Å². The zero-order valence-corrected chi connectivity index (χ0v) is 11.2. The monoisotopic (exact) mass is 259 g/mol. The third-order valence-electron chi connectivity index (χ3n) is 3.61. The molecule has 0 bridgehead atoms. The van der Waals surface area contributed by atoms with Gasteiger partial charge in [0.05, 0.1) is 6.20 Å².